The quantitative estimate of drug-likeness (QED) is 0.614. The second-order valence-electron chi connectivity index (χ2n) is 4.34. The number of anilines is 1. The number of aromatic nitrogens is 4. The first-order chi connectivity index (χ1) is 10.1. The van der Waals surface area contributed by atoms with E-state index >= 15 is 0 Å². The molecule has 8 nitrogen and oxygen atoms in total. The Morgan fingerprint density at radius 2 is 2.24 bits per heavy atom. The van der Waals surface area contributed by atoms with Crippen LogP contribution in [0, 0.1) is 0 Å². The molecule has 114 valence electrons. The lowest BCUT2D eigenvalue weighted by atomic mass is 10.3. The molecule has 2 heterocycles. The summed E-state index contributed by atoms with van der Waals surface area (Å²) in [5.41, 5.74) is 0.551. The highest BCUT2D eigenvalue weighted by Crippen LogP contribution is 2.18. The van der Waals surface area contributed by atoms with Crippen LogP contribution in [0.1, 0.15) is 19.2 Å². The van der Waals surface area contributed by atoms with Gasteiger partial charge in [0.2, 0.25) is 10.0 Å². The van der Waals surface area contributed by atoms with Gasteiger partial charge in [0.05, 0.1) is 5.69 Å². The van der Waals surface area contributed by atoms with Crippen molar-refractivity contribution in [3.05, 3.63) is 30.6 Å². The molecule has 2 aromatic rings. The van der Waals surface area contributed by atoms with Gasteiger partial charge in [0.1, 0.15) is 17.0 Å². The maximum absolute atomic E-state index is 12.3. The zero-order valence-corrected chi connectivity index (χ0v) is 12.5. The Kier molecular flexibility index (Phi) is 5.23. The fourth-order valence-corrected chi connectivity index (χ4v) is 3.02. The van der Waals surface area contributed by atoms with Crippen molar-refractivity contribution in [1.82, 2.24) is 24.9 Å². The highest BCUT2D eigenvalue weighted by molar-refractivity contribution is 7.89. The standard InChI is InChI=1S/C12H18N6O2S/c1-2-14-10-5-7-13-8-11(10)21(19,20)17-6-3-4-12-15-9-16-18-12/h5,7-9,17H,2-4,6H2,1H3,(H,13,14)(H,15,16,18). The van der Waals surface area contributed by atoms with Crippen LogP contribution in [0.5, 0.6) is 0 Å². The van der Waals surface area contributed by atoms with Crippen molar-refractivity contribution in [3.8, 4) is 0 Å². The highest BCUT2D eigenvalue weighted by Gasteiger charge is 2.17. The lowest BCUT2D eigenvalue weighted by Gasteiger charge is -2.11. The lowest BCUT2D eigenvalue weighted by Crippen LogP contribution is -2.26. The summed E-state index contributed by atoms with van der Waals surface area (Å²) in [6.45, 7) is 2.86. The van der Waals surface area contributed by atoms with Gasteiger partial charge < -0.3 is 5.32 Å². The number of nitrogens with one attached hydrogen (secondary N) is 3. The highest BCUT2D eigenvalue weighted by atomic mass is 32.2. The van der Waals surface area contributed by atoms with Crippen LogP contribution in [0.2, 0.25) is 0 Å². The van der Waals surface area contributed by atoms with Gasteiger partial charge in [-0.1, -0.05) is 0 Å². The average Bonchev–Trinajstić information content (AvgIpc) is 2.98. The summed E-state index contributed by atoms with van der Waals surface area (Å²) in [5, 5.41) is 9.48. The average molecular weight is 310 g/mol. The molecule has 2 rings (SSSR count). The molecule has 3 N–H and O–H groups in total. The predicted molar refractivity (Wildman–Crippen MR) is 78.3 cm³/mol. The summed E-state index contributed by atoms with van der Waals surface area (Å²) < 4.78 is 27.1. The second-order valence-corrected chi connectivity index (χ2v) is 6.07. The van der Waals surface area contributed by atoms with E-state index in [1.54, 1.807) is 12.3 Å². The van der Waals surface area contributed by atoms with Crippen molar-refractivity contribution in [2.75, 3.05) is 18.4 Å². The van der Waals surface area contributed by atoms with Gasteiger partial charge in [-0.05, 0) is 19.4 Å². The Labute approximate surface area is 123 Å². The van der Waals surface area contributed by atoms with Gasteiger partial charge in [0, 0.05) is 31.9 Å². The van der Waals surface area contributed by atoms with E-state index < -0.39 is 10.0 Å². The molecule has 0 amide bonds. The number of H-pyrrole nitrogens is 1. The third-order valence-corrected chi connectivity index (χ3v) is 4.28. The molecule has 0 bridgehead atoms. The normalized spacial score (nSPS) is 11.5. The van der Waals surface area contributed by atoms with Gasteiger partial charge in [-0.25, -0.2) is 18.1 Å². The van der Waals surface area contributed by atoms with Crippen LogP contribution in [0.4, 0.5) is 5.69 Å². The van der Waals surface area contributed by atoms with Gasteiger partial charge >= 0.3 is 0 Å². The van der Waals surface area contributed by atoms with E-state index in [1.807, 2.05) is 6.92 Å². The third-order valence-electron chi connectivity index (χ3n) is 2.79. The van der Waals surface area contributed by atoms with Crippen LogP contribution < -0.4 is 10.0 Å². The van der Waals surface area contributed by atoms with E-state index in [0.29, 0.717) is 31.6 Å². The SMILES string of the molecule is CCNc1ccncc1S(=O)(=O)NCCCc1ncn[nH]1. The van der Waals surface area contributed by atoms with Crippen LogP contribution >= 0.6 is 0 Å². The Bertz CT molecular complexity index is 656. The molecule has 0 aliphatic heterocycles. The number of hydrogen-bond acceptors (Lipinski definition) is 6. The Morgan fingerprint density at radius 3 is 2.95 bits per heavy atom. The second kappa shape index (κ2) is 7.14. The van der Waals surface area contributed by atoms with Crippen LogP contribution in [-0.2, 0) is 16.4 Å². The van der Waals surface area contributed by atoms with Crippen LogP contribution in [-0.4, -0.2) is 41.7 Å². The zero-order chi connectivity index (χ0) is 15.1. The number of aromatic amines is 1. The monoisotopic (exact) mass is 310 g/mol. The Balaban J connectivity index is 1.95. The number of sulfonamides is 1. The van der Waals surface area contributed by atoms with Crippen molar-refractivity contribution < 1.29 is 8.42 Å². The van der Waals surface area contributed by atoms with Crippen LogP contribution in [0.15, 0.2) is 29.7 Å². The molecule has 0 radical (unpaired) electrons. The molecule has 0 aliphatic rings. The molecule has 9 heteroatoms. The van der Waals surface area contributed by atoms with E-state index in [-0.39, 0.29) is 4.90 Å². The van der Waals surface area contributed by atoms with Crippen molar-refractivity contribution in [1.29, 1.82) is 0 Å². The fraction of sp³-hybridized carbons (Fsp3) is 0.417. The minimum absolute atomic E-state index is 0.159. The number of nitrogens with zero attached hydrogens (tertiary/aromatic N) is 3. The molecule has 2 aromatic heterocycles. The summed E-state index contributed by atoms with van der Waals surface area (Å²) in [6, 6.07) is 1.65. The number of hydrogen-bond donors (Lipinski definition) is 3. The summed E-state index contributed by atoms with van der Waals surface area (Å²) >= 11 is 0. The van der Waals surface area contributed by atoms with E-state index in [9.17, 15) is 8.42 Å². The summed E-state index contributed by atoms with van der Waals surface area (Å²) in [7, 11) is -3.58. The first kappa shape index (κ1) is 15.4. The summed E-state index contributed by atoms with van der Waals surface area (Å²) in [5.74, 6) is 0.740. The maximum Gasteiger partial charge on any atom is 0.244 e. The van der Waals surface area contributed by atoms with E-state index in [4.69, 9.17) is 0 Å². The maximum atomic E-state index is 12.3. The van der Waals surface area contributed by atoms with Gasteiger partial charge in [0.25, 0.3) is 0 Å². The zero-order valence-electron chi connectivity index (χ0n) is 11.7. The first-order valence-electron chi connectivity index (χ1n) is 6.65. The van der Waals surface area contributed by atoms with Gasteiger partial charge in [-0.15, -0.1) is 0 Å². The molecular formula is C12H18N6O2S. The van der Waals surface area contributed by atoms with Gasteiger partial charge in [-0.2, -0.15) is 5.10 Å². The molecule has 0 saturated carbocycles. The van der Waals surface area contributed by atoms with Crippen molar-refractivity contribution >= 4 is 15.7 Å². The smallest absolute Gasteiger partial charge is 0.244 e. The molecule has 21 heavy (non-hydrogen) atoms. The molecule has 0 fully saturated rings. The van der Waals surface area contributed by atoms with E-state index in [2.05, 4.69) is 30.2 Å². The molecule has 0 atom stereocenters. The molecule has 0 saturated heterocycles. The van der Waals surface area contributed by atoms with Gasteiger partial charge in [0.15, 0.2) is 0 Å². The van der Waals surface area contributed by atoms with Gasteiger partial charge in [-0.3, -0.25) is 10.1 Å². The fourth-order valence-electron chi connectivity index (χ4n) is 1.82. The molecular weight excluding hydrogens is 292 g/mol. The van der Waals surface area contributed by atoms with Crippen molar-refractivity contribution in [3.63, 3.8) is 0 Å². The summed E-state index contributed by atoms with van der Waals surface area (Å²) in [6.07, 6.45) is 5.59. The lowest BCUT2D eigenvalue weighted by molar-refractivity contribution is 0.578. The molecule has 0 unspecified atom stereocenters. The minimum Gasteiger partial charge on any atom is -0.384 e. The Hall–Kier alpha value is -2.00. The molecule has 0 spiro atoms. The largest absolute Gasteiger partial charge is 0.384 e. The topological polar surface area (TPSA) is 113 Å². The number of pyridine rings is 1. The summed E-state index contributed by atoms with van der Waals surface area (Å²) in [4.78, 5) is 8.02. The predicted octanol–water partition coefficient (Wildman–Crippen LogP) is 0.543. The Morgan fingerprint density at radius 1 is 1.38 bits per heavy atom. The van der Waals surface area contributed by atoms with E-state index in [1.165, 1.54) is 12.5 Å². The van der Waals surface area contributed by atoms with Crippen molar-refractivity contribution in [2.45, 2.75) is 24.7 Å². The number of aryl methyl sites for hydroxylation is 1. The van der Waals surface area contributed by atoms with Crippen molar-refractivity contribution in [2.24, 2.45) is 0 Å². The third kappa shape index (κ3) is 4.23. The molecule has 0 aliphatic carbocycles. The minimum atomic E-state index is -3.58. The van der Waals surface area contributed by atoms with E-state index in [0.717, 1.165) is 5.82 Å². The van der Waals surface area contributed by atoms with Crippen LogP contribution in [0.25, 0.3) is 0 Å². The van der Waals surface area contributed by atoms with Crippen LogP contribution in [0.3, 0.4) is 0 Å². The molecule has 0 aromatic carbocycles. The first-order valence-corrected chi connectivity index (χ1v) is 8.13. The number of rotatable bonds is 8.